The van der Waals surface area contributed by atoms with Crippen molar-refractivity contribution in [1.82, 2.24) is 14.8 Å². The maximum absolute atomic E-state index is 13.2. The Balaban J connectivity index is 1.58. The number of pyridine rings is 1. The van der Waals surface area contributed by atoms with Crippen molar-refractivity contribution in [3.05, 3.63) is 23.7 Å². The quantitative estimate of drug-likeness (QED) is 0.602. The molecule has 1 fully saturated rings. The number of fused-ring (bicyclic) bond motifs is 1. The summed E-state index contributed by atoms with van der Waals surface area (Å²) in [7, 11) is 1.74. The minimum Gasteiger partial charge on any atom is -0.385 e. The number of ether oxygens (including phenoxy) is 1. The molecule has 0 aliphatic carbocycles. The van der Waals surface area contributed by atoms with Gasteiger partial charge in [0.2, 0.25) is 5.91 Å². The van der Waals surface area contributed by atoms with Crippen molar-refractivity contribution < 1.29 is 9.53 Å². The zero-order valence-corrected chi connectivity index (χ0v) is 16.6. The van der Waals surface area contributed by atoms with Crippen LogP contribution >= 0.6 is 0 Å². The Kier molecular flexibility index (Phi) is 6.55. The first-order valence-corrected chi connectivity index (χ1v) is 10.1. The molecule has 1 saturated heterocycles. The van der Waals surface area contributed by atoms with Gasteiger partial charge in [-0.2, -0.15) is 0 Å². The Morgan fingerprint density at radius 3 is 2.85 bits per heavy atom. The number of carbonyl (C=O) groups excluding carboxylic acids is 1. The van der Waals surface area contributed by atoms with Crippen LogP contribution in [-0.2, 0) is 16.1 Å². The van der Waals surface area contributed by atoms with Gasteiger partial charge in [0, 0.05) is 39.4 Å². The summed E-state index contributed by atoms with van der Waals surface area (Å²) < 4.78 is 7.02. The Bertz CT molecular complexity index is 696. The Labute approximate surface area is 161 Å². The molecule has 1 aromatic rings. The van der Waals surface area contributed by atoms with Gasteiger partial charge in [-0.05, 0) is 37.8 Å². The molecule has 1 amide bonds. The van der Waals surface area contributed by atoms with E-state index in [0.717, 1.165) is 64.2 Å². The summed E-state index contributed by atoms with van der Waals surface area (Å²) in [6.45, 7) is 6.54. The van der Waals surface area contributed by atoms with Gasteiger partial charge < -0.3 is 24.8 Å². The molecule has 3 N–H and O–H groups in total. The van der Waals surface area contributed by atoms with E-state index in [4.69, 9.17) is 10.1 Å². The van der Waals surface area contributed by atoms with Crippen molar-refractivity contribution in [3.8, 4) is 0 Å². The normalized spacial score (nSPS) is 23.0. The number of piperidine rings is 1. The molecule has 3 rings (SSSR count). The van der Waals surface area contributed by atoms with Gasteiger partial charge in [0.05, 0.1) is 6.54 Å². The lowest BCUT2D eigenvalue weighted by Crippen LogP contribution is -2.56. The highest BCUT2D eigenvalue weighted by Crippen LogP contribution is 2.29. The van der Waals surface area contributed by atoms with Gasteiger partial charge in [0.15, 0.2) is 0 Å². The van der Waals surface area contributed by atoms with E-state index in [-0.39, 0.29) is 11.9 Å². The van der Waals surface area contributed by atoms with Crippen LogP contribution in [0.4, 0.5) is 5.82 Å². The molecule has 7 nitrogen and oxygen atoms in total. The van der Waals surface area contributed by atoms with E-state index in [2.05, 4.69) is 22.5 Å². The molecule has 2 aliphatic rings. The SMILES string of the molecule is CCCC1(C(=O)NC2CCN(CCCOC)CC2)Cn2c(cccc2=N)N1. The van der Waals surface area contributed by atoms with Gasteiger partial charge >= 0.3 is 0 Å². The van der Waals surface area contributed by atoms with E-state index >= 15 is 0 Å². The summed E-state index contributed by atoms with van der Waals surface area (Å²) in [5.74, 6) is 0.935. The van der Waals surface area contributed by atoms with Gasteiger partial charge in [0.25, 0.3) is 0 Å². The van der Waals surface area contributed by atoms with Gasteiger partial charge in [-0.3, -0.25) is 10.2 Å². The number of methoxy groups -OCH3 is 1. The summed E-state index contributed by atoms with van der Waals surface area (Å²) >= 11 is 0. The molecule has 0 aromatic carbocycles. The van der Waals surface area contributed by atoms with Crippen LogP contribution in [0.5, 0.6) is 0 Å². The molecule has 2 aliphatic heterocycles. The zero-order chi connectivity index (χ0) is 19.3. The molecule has 1 atom stereocenters. The maximum Gasteiger partial charge on any atom is 0.247 e. The average molecular weight is 376 g/mol. The van der Waals surface area contributed by atoms with E-state index < -0.39 is 5.54 Å². The van der Waals surface area contributed by atoms with Crippen LogP contribution < -0.4 is 16.1 Å². The maximum atomic E-state index is 13.2. The number of anilines is 1. The van der Waals surface area contributed by atoms with Crippen molar-refractivity contribution in [1.29, 1.82) is 5.41 Å². The minimum atomic E-state index is -0.644. The highest BCUT2D eigenvalue weighted by Gasteiger charge is 2.43. The number of nitrogens with one attached hydrogen (secondary N) is 3. The third kappa shape index (κ3) is 4.52. The smallest absolute Gasteiger partial charge is 0.247 e. The summed E-state index contributed by atoms with van der Waals surface area (Å²) in [6.07, 6.45) is 4.72. The van der Waals surface area contributed by atoms with Crippen molar-refractivity contribution in [2.45, 2.75) is 57.2 Å². The third-order valence-corrected chi connectivity index (χ3v) is 5.74. The van der Waals surface area contributed by atoms with Crippen molar-refractivity contribution in [2.75, 3.05) is 38.7 Å². The molecular formula is C20H33N5O2. The standard InChI is InChI=1S/C20H33N5O2/c1-3-10-20(15-25-17(21)6-4-7-18(25)23-20)19(26)22-16-8-12-24(13-9-16)11-5-14-27-2/h4,6-7,16,21,23H,3,5,8-15H2,1-2H3,(H,22,26). The Hall–Kier alpha value is -1.86. The summed E-state index contributed by atoms with van der Waals surface area (Å²) in [6, 6.07) is 5.81. The van der Waals surface area contributed by atoms with Crippen molar-refractivity contribution in [2.24, 2.45) is 0 Å². The van der Waals surface area contributed by atoms with Gasteiger partial charge in [-0.15, -0.1) is 0 Å². The highest BCUT2D eigenvalue weighted by atomic mass is 16.5. The second kappa shape index (κ2) is 8.89. The number of carbonyl (C=O) groups is 1. The second-order valence-electron chi connectivity index (χ2n) is 7.78. The molecule has 150 valence electrons. The number of rotatable bonds is 8. The van der Waals surface area contributed by atoms with Crippen LogP contribution in [-0.4, -0.2) is 60.3 Å². The zero-order valence-electron chi connectivity index (χ0n) is 16.6. The predicted octanol–water partition coefficient (Wildman–Crippen LogP) is 1.55. The molecule has 27 heavy (non-hydrogen) atoms. The van der Waals surface area contributed by atoms with Crippen LogP contribution in [0, 0.1) is 5.41 Å². The first-order chi connectivity index (χ1) is 13.1. The van der Waals surface area contributed by atoms with Crippen LogP contribution in [0.1, 0.15) is 39.0 Å². The van der Waals surface area contributed by atoms with Crippen LogP contribution in [0.25, 0.3) is 0 Å². The molecule has 1 aromatic heterocycles. The highest BCUT2D eigenvalue weighted by molar-refractivity contribution is 5.90. The molecule has 0 radical (unpaired) electrons. The number of amides is 1. The summed E-state index contributed by atoms with van der Waals surface area (Å²) in [4.78, 5) is 15.7. The fourth-order valence-electron chi connectivity index (χ4n) is 4.24. The van der Waals surface area contributed by atoms with E-state index in [0.29, 0.717) is 12.0 Å². The minimum absolute atomic E-state index is 0.0743. The van der Waals surface area contributed by atoms with Crippen LogP contribution in [0.2, 0.25) is 0 Å². The van der Waals surface area contributed by atoms with E-state index in [1.165, 1.54) is 0 Å². The molecule has 1 unspecified atom stereocenters. The predicted molar refractivity (Wildman–Crippen MR) is 106 cm³/mol. The molecule has 3 heterocycles. The first kappa shape index (κ1) is 19.9. The van der Waals surface area contributed by atoms with Gasteiger partial charge in [-0.25, -0.2) is 0 Å². The lowest BCUT2D eigenvalue weighted by atomic mass is 9.92. The lowest BCUT2D eigenvalue weighted by molar-refractivity contribution is -0.127. The Morgan fingerprint density at radius 2 is 2.19 bits per heavy atom. The van der Waals surface area contributed by atoms with E-state index in [1.54, 1.807) is 13.2 Å². The largest absolute Gasteiger partial charge is 0.385 e. The van der Waals surface area contributed by atoms with Crippen molar-refractivity contribution in [3.63, 3.8) is 0 Å². The molecule has 0 saturated carbocycles. The molecule has 0 bridgehead atoms. The van der Waals surface area contributed by atoms with E-state index in [1.807, 2.05) is 16.7 Å². The number of hydrogen-bond acceptors (Lipinski definition) is 5. The fraction of sp³-hybridized carbons (Fsp3) is 0.700. The van der Waals surface area contributed by atoms with Crippen LogP contribution in [0.15, 0.2) is 18.2 Å². The monoisotopic (exact) mass is 375 g/mol. The topological polar surface area (TPSA) is 82.4 Å². The molecule has 0 spiro atoms. The summed E-state index contributed by atoms with van der Waals surface area (Å²) in [5.41, 5.74) is -0.204. The van der Waals surface area contributed by atoms with Crippen LogP contribution in [0.3, 0.4) is 0 Å². The summed E-state index contributed by atoms with van der Waals surface area (Å²) in [5, 5.41) is 14.9. The van der Waals surface area contributed by atoms with E-state index in [9.17, 15) is 4.79 Å². The second-order valence-corrected chi connectivity index (χ2v) is 7.78. The number of hydrogen-bond donors (Lipinski definition) is 3. The van der Waals surface area contributed by atoms with Gasteiger partial charge in [-0.1, -0.05) is 19.4 Å². The lowest BCUT2D eigenvalue weighted by Gasteiger charge is -2.35. The average Bonchev–Trinajstić information content (AvgIpc) is 3.05. The fourth-order valence-corrected chi connectivity index (χ4v) is 4.24. The number of likely N-dealkylation sites (tertiary alicyclic amines) is 1. The number of aromatic nitrogens is 1. The first-order valence-electron chi connectivity index (χ1n) is 10.1. The van der Waals surface area contributed by atoms with Gasteiger partial charge in [0.1, 0.15) is 16.8 Å². The number of nitrogens with zero attached hydrogens (tertiary/aromatic N) is 2. The molecule has 7 heteroatoms. The third-order valence-electron chi connectivity index (χ3n) is 5.74. The molecular weight excluding hydrogens is 342 g/mol. The van der Waals surface area contributed by atoms with Crippen molar-refractivity contribution >= 4 is 11.7 Å². The Morgan fingerprint density at radius 1 is 1.41 bits per heavy atom.